The van der Waals surface area contributed by atoms with Crippen molar-refractivity contribution in [2.24, 2.45) is 0 Å². The van der Waals surface area contributed by atoms with E-state index in [9.17, 15) is 0 Å². The van der Waals surface area contributed by atoms with Crippen LogP contribution in [-0.2, 0) is 0 Å². The Balaban J connectivity index is 2.14. The normalized spacial score (nSPS) is 17.5. The van der Waals surface area contributed by atoms with E-state index in [1.54, 1.807) is 0 Å². The third kappa shape index (κ3) is 2.06. The quantitative estimate of drug-likeness (QED) is 0.681. The summed E-state index contributed by atoms with van der Waals surface area (Å²) in [5.74, 6) is 0.653. The highest BCUT2D eigenvalue weighted by atomic mass is 35.5. The first-order valence-corrected chi connectivity index (χ1v) is 4.76. The van der Waals surface area contributed by atoms with Gasteiger partial charge in [-0.3, -0.25) is 0 Å². The molecule has 1 aromatic rings. The maximum atomic E-state index is 5.64. The summed E-state index contributed by atoms with van der Waals surface area (Å²) in [5.41, 5.74) is 0. The SMILES string of the molecule is Clc1n[c]nc(N2CCCCC2)n1. The van der Waals surface area contributed by atoms with E-state index in [0.29, 0.717) is 5.95 Å². The molecule has 0 aromatic carbocycles. The Kier molecular flexibility index (Phi) is 2.59. The Bertz CT molecular complexity index is 285. The number of anilines is 1. The van der Waals surface area contributed by atoms with Crippen LogP contribution in [0, 0.1) is 6.33 Å². The minimum absolute atomic E-state index is 0.218. The van der Waals surface area contributed by atoms with Gasteiger partial charge in [0.05, 0.1) is 0 Å². The standard InChI is InChI=1S/C8H10ClN4/c9-7-10-6-11-8(12-7)13-4-2-1-3-5-13/h1-5H2. The zero-order chi connectivity index (χ0) is 9.10. The molecule has 0 spiro atoms. The van der Waals surface area contributed by atoms with Crippen LogP contribution >= 0.6 is 11.6 Å². The second kappa shape index (κ2) is 3.87. The minimum Gasteiger partial charge on any atom is -0.341 e. The molecule has 0 unspecified atom stereocenters. The largest absolute Gasteiger partial charge is 0.341 e. The van der Waals surface area contributed by atoms with Crippen molar-refractivity contribution in [1.82, 2.24) is 15.0 Å². The molecule has 0 saturated carbocycles. The molecule has 1 radical (unpaired) electrons. The molecule has 1 aliphatic rings. The van der Waals surface area contributed by atoms with Crippen LogP contribution in [0.4, 0.5) is 5.95 Å². The van der Waals surface area contributed by atoms with Gasteiger partial charge >= 0.3 is 0 Å². The van der Waals surface area contributed by atoms with E-state index in [1.165, 1.54) is 19.3 Å². The second-order valence-corrected chi connectivity index (χ2v) is 3.39. The van der Waals surface area contributed by atoms with E-state index in [4.69, 9.17) is 11.6 Å². The number of halogens is 1. The summed E-state index contributed by atoms with van der Waals surface area (Å²) in [6, 6.07) is 0. The molecule has 69 valence electrons. The fourth-order valence-electron chi connectivity index (χ4n) is 1.48. The number of nitrogens with zero attached hydrogens (tertiary/aromatic N) is 4. The number of hydrogen-bond donors (Lipinski definition) is 0. The second-order valence-electron chi connectivity index (χ2n) is 3.05. The molecule has 0 bridgehead atoms. The maximum Gasteiger partial charge on any atom is 0.230 e. The molecular formula is C8H10ClN4. The molecule has 5 heteroatoms. The van der Waals surface area contributed by atoms with E-state index >= 15 is 0 Å². The summed E-state index contributed by atoms with van der Waals surface area (Å²) < 4.78 is 0. The topological polar surface area (TPSA) is 41.9 Å². The van der Waals surface area contributed by atoms with E-state index in [-0.39, 0.29) is 5.28 Å². The van der Waals surface area contributed by atoms with Crippen LogP contribution in [0.15, 0.2) is 0 Å². The van der Waals surface area contributed by atoms with Crippen LogP contribution in [0.5, 0.6) is 0 Å². The van der Waals surface area contributed by atoms with Crippen molar-refractivity contribution in [3.05, 3.63) is 11.6 Å². The van der Waals surface area contributed by atoms with E-state index < -0.39 is 0 Å². The average Bonchev–Trinajstić information content (AvgIpc) is 2.19. The summed E-state index contributed by atoms with van der Waals surface area (Å²) in [6.07, 6.45) is 6.18. The van der Waals surface area contributed by atoms with E-state index in [1.807, 2.05) is 0 Å². The summed E-state index contributed by atoms with van der Waals surface area (Å²) in [6.45, 7) is 2.02. The van der Waals surface area contributed by atoms with E-state index in [0.717, 1.165) is 13.1 Å². The monoisotopic (exact) mass is 197 g/mol. The van der Waals surface area contributed by atoms with Crippen LogP contribution in [0.1, 0.15) is 19.3 Å². The Morgan fingerprint density at radius 3 is 2.62 bits per heavy atom. The van der Waals surface area contributed by atoms with Crippen LogP contribution in [-0.4, -0.2) is 28.0 Å². The highest BCUT2D eigenvalue weighted by molar-refractivity contribution is 6.28. The van der Waals surface area contributed by atoms with Gasteiger partial charge in [0.1, 0.15) is 0 Å². The maximum absolute atomic E-state index is 5.64. The number of aromatic nitrogens is 3. The van der Waals surface area contributed by atoms with Gasteiger partial charge in [-0.05, 0) is 30.9 Å². The van der Waals surface area contributed by atoms with Crippen molar-refractivity contribution in [1.29, 1.82) is 0 Å². The van der Waals surface area contributed by atoms with Crippen molar-refractivity contribution >= 4 is 17.5 Å². The summed E-state index contributed by atoms with van der Waals surface area (Å²) in [4.78, 5) is 13.7. The Morgan fingerprint density at radius 1 is 1.15 bits per heavy atom. The molecule has 13 heavy (non-hydrogen) atoms. The van der Waals surface area contributed by atoms with Crippen LogP contribution in [0.2, 0.25) is 5.28 Å². The predicted molar refractivity (Wildman–Crippen MR) is 49.7 cm³/mol. The van der Waals surface area contributed by atoms with Crippen LogP contribution in [0.3, 0.4) is 0 Å². The van der Waals surface area contributed by atoms with Gasteiger partial charge in [-0.15, -0.1) is 0 Å². The average molecular weight is 198 g/mol. The first-order chi connectivity index (χ1) is 6.36. The Morgan fingerprint density at radius 2 is 1.92 bits per heavy atom. The molecule has 0 aliphatic carbocycles. The highest BCUT2D eigenvalue weighted by Crippen LogP contribution is 2.15. The zero-order valence-electron chi connectivity index (χ0n) is 7.20. The first-order valence-electron chi connectivity index (χ1n) is 4.39. The third-order valence-corrected chi connectivity index (χ3v) is 2.29. The highest BCUT2D eigenvalue weighted by Gasteiger charge is 2.13. The molecule has 0 N–H and O–H groups in total. The number of piperidine rings is 1. The lowest BCUT2D eigenvalue weighted by molar-refractivity contribution is 0.567. The lowest BCUT2D eigenvalue weighted by Crippen LogP contribution is -2.31. The molecule has 1 aromatic heterocycles. The summed E-state index contributed by atoms with van der Waals surface area (Å²) in [7, 11) is 0. The summed E-state index contributed by atoms with van der Waals surface area (Å²) >= 11 is 5.64. The third-order valence-electron chi connectivity index (χ3n) is 2.12. The van der Waals surface area contributed by atoms with Crippen molar-refractivity contribution in [2.75, 3.05) is 18.0 Å². The van der Waals surface area contributed by atoms with Gasteiger partial charge in [-0.1, -0.05) is 0 Å². The lowest BCUT2D eigenvalue weighted by Gasteiger charge is -2.25. The van der Waals surface area contributed by atoms with E-state index in [2.05, 4.69) is 26.2 Å². The van der Waals surface area contributed by atoms with Crippen LogP contribution < -0.4 is 4.90 Å². The van der Waals surface area contributed by atoms with Gasteiger partial charge in [0, 0.05) is 13.1 Å². The number of hydrogen-bond acceptors (Lipinski definition) is 4. The van der Waals surface area contributed by atoms with Gasteiger partial charge in [-0.25, -0.2) is 0 Å². The van der Waals surface area contributed by atoms with Gasteiger partial charge in [0.2, 0.25) is 17.6 Å². The summed E-state index contributed by atoms with van der Waals surface area (Å²) in [5, 5.41) is 0.218. The molecule has 1 aliphatic heterocycles. The fraction of sp³-hybridized carbons (Fsp3) is 0.625. The molecule has 2 rings (SSSR count). The van der Waals surface area contributed by atoms with Crippen LogP contribution in [0.25, 0.3) is 0 Å². The van der Waals surface area contributed by atoms with Crippen molar-refractivity contribution < 1.29 is 0 Å². The predicted octanol–water partition coefficient (Wildman–Crippen LogP) is 1.32. The first kappa shape index (κ1) is 8.69. The Labute approximate surface area is 82.0 Å². The van der Waals surface area contributed by atoms with Crippen molar-refractivity contribution in [3.63, 3.8) is 0 Å². The molecule has 1 saturated heterocycles. The van der Waals surface area contributed by atoms with Gasteiger partial charge < -0.3 is 4.90 Å². The molecule has 4 nitrogen and oxygen atoms in total. The van der Waals surface area contributed by atoms with Gasteiger partial charge in [0.25, 0.3) is 0 Å². The Hall–Kier alpha value is -0.900. The lowest BCUT2D eigenvalue weighted by atomic mass is 10.1. The van der Waals surface area contributed by atoms with Gasteiger partial charge in [0.15, 0.2) is 0 Å². The van der Waals surface area contributed by atoms with Crippen molar-refractivity contribution in [3.8, 4) is 0 Å². The molecule has 0 atom stereocenters. The molecule has 0 amide bonds. The van der Waals surface area contributed by atoms with Gasteiger partial charge in [-0.2, -0.15) is 15.0 Å². The van der Waals surface area contributed by atoms with Crippen molar-refractivity contribution in [2.45, 2.75) is 19.3 Å². The minimum atomic E-state index is 0.218. The fourth-order valence-corrected chi connectivity index (χ4v) is 1.59. The smallest absolute Gasteiger partial charge is 0.230 e. The number of rotatable bonds is 1. The zero-order valence-corrected chi connectivity index (χ0v) is 7.96. The molecule has 1 fully saturated rings. The molecular weight excluding hydrogens is 188 g/mol. The molecule has 2 heterocycles.